The van der Waals surface area contributed by atoms with Crippen molar-refractivity contribution in [2.45, 2.75) is 33.1 Å². The Kier molecular flexibility index (Phi) is 7.19. The number of aryl methyl sites for hydroxylation is 1. The summed E-state index contributed by atoms with van der Waals surface area (Å²) >= 11 is 1.47. The van der Waals surface area contributed by atoms with Gasteiger partial charge in [0.25, 0.3) is 11.8 Å². The highest BCUT2D eigenvalue weighted by atomic mass is 32.1. The Morgan fingerprint density at radius 2 is 1.90 bits per heavy atom. The SMILES string of the molecule is CCCCc1ccc2nc(NC(=O)c3ccc(OCC(=O)NCC)cc3)sc2c1. The highest BCUT2D eigenvalue weighted by molar-refractivity contribution is 7.22. The number of thiazole rings is 1. The summed E-state index contributed by atoms with van der Waals surface area (Å²) < 4.78 is 6.47. The molecule has 152 valence electrons. The number of fused-ring (bicyclic) bond motifs is 1. The average molecular weight is 412 g/mol. The molecule has 29 heavy (non-hydrogen) atoms. The van der Waals surface area contributed by atoms with Crippen LogP contribution in [0.25, 0.3) is 10.2 Å². The predicted molar refractivity (Wildman–Crippen MR) is 117 cm³/mol. The first-order valence-electron chi connectivity index (χ1n) is 9.79. The van der Waals surface area contributed by atoms with Gasteiger partial charge in [-0.2, -0.15) is 0 Å². The zero-order chi connectivity index (χ0) is 20.6. The minimum Gasteiger partial charge on any atom is -0.484 e. The Hall–Kier alpha value is -2.93. The molecule has 0 aliphatic rings. The summed E-state index contributed by atoms with van der Waals surface area (Å²) in [6.45, 7) is 4.54. The van der Waals surface area contributed by atoms with Gasteiger partial charge in [-0.1, -0.05) is 30.7 Å². The van der Waals surface area contributed by atoms with Crippen LogP contribution in [-0.4, -0.2) is 29.9 Å². The van der Waals surface area contributed by atoms with E-state index in [1.54, 1.807) is 24.3 Å². The minimum absolute atomic E-state index is 0.0503. The summed E-state index contributed by atoms with van der Waals surface area (Å²) in [7, 11) is 0. The molecule has 2 amide bonds. The second-order valence-electron chi connectivity index (χ2n) is 6.65. The van der Waals surface area contributed by atoms with E-state index in [0.717, 1.165) is 29.5 Å². The monoisotopic (exact) mass is 411 g/mol. The molecule has 7 heteroatoms. The standard InChI is InChI=1S/C22H25N3O3S/c1-3-5-6-15-7-12-18-19(13-15)29-22(24-18)25-21(27)16-8-10-17(11-9-16)28-14-20(26)23-4-2/h7-13H,3-6,14H2,1-2H3,(H,23,26)(H,24,25,27). The molecule has 0 saturated heterocycles. The van der Waals surface area contributed by atoms with Gasteiger partial charge in [0.15, 0.2) is 11.7 Å². The fourth-order valence-electron chi connectivity index (χ4n) is 2.83. The molecule has 0 unspecified atom stereocenters. The van der Waals surface area contributed by atoms with Crippen LogP contribution in [0.4, 0.5) is 5.13 Å². The smallest absolute Gasteiger partial charge is 0.257 e. The number of ether oxygens (including phenoxy) is 1. The van der Waals surface area contributed by atoms with Gasteiger partial charge in [0, 0.05) is 12.1 Å². The lowest BCUT2D eigenvalue weighted by Crippen LogP contribution is -2.28. The van der Waals surface area contributed by atoms with Crippen molar-refractivity contribution >= 4 is 38.5 Å². The Bertz CT molecular complexity index is 983. The lowest BCUT2D eigenvalue weighted by atomic mass is 10.1. The summed E-state index contributed by atoms with van der Waals surface area (Å²) in [5.74, 6) is 0.126. The van der Waals surface area contributed by atoms with E-state index < -0.39 is 0 Å². The molecule has 0 spiro atoms. The molecule has 3 aromatic rings. The first kappa shape index (κ1) is 20.8. The van der Waals surface area contributed by atoms with E-state index in [2.05, 4.69) is 34.7 Å². The van der Waals surface area contributed by atoms with Gasteiger partial charge in [0.05, 0.1) is 10.2 Å². The summed E-state index contributed by atoms with van der Waals surface area (Å²) in [6, 6.07) is 12.9. The number of rotatable bonds is 9. The molecule has 2 aromatic carbocycles. The minimum atomic E-state index is -0.231. The third kappa shape index (κ3) is 5.77. The van der Waals surface area contributed by atoms with Gasteiger partial charge in [-0.25, -0.2) is 4.98 Å². The first-order chi connectivity index (χ1) is 14.1. The molecule has 0 aliphatic heterocycles. The van der Waals surface area contributed by atoms with Crippen LogP contribution in [0, 0.1) is 0 Å². The molecule has 1 heterocycles. The van der Waals surface area contributed by atoms with E-state index in [9.17, 15) is 9.59 Å². The van der Waals surface area contributed by atoms with Crippen molar-refractivity contribution in [3.63, 3.8) is 0 Å². The molecular formula is C22H25N3O3S. The number of anilines is 1. The highest BCUT2D eigenvalue weighted by Crippen LogP contribution is 2.27. The lowest BCUT2D eigenvalue weighted by molar-refractivity contribution is -0.122. The maximum absolute atomic E-state index is 12.5. The Labute approximate surface area is 174 Å². The third-order valence-electron chi connectivity index (χ3n) is 4.35. The summed E-state index contributed by atoms with van der Waals surface area (Å²) in [5.41, 5.74) is 2.68. The number of benzene rings is 2. The quantitative estimate of drug-likeness (QED) is 0.547. The van der Waals surface area contributed by atoms with Gasteiger partial charge in [0.1, 0.15) is 5.75 Å². The highest BCUT2D eigenvalue weighted by Gasteiger charge is 2.11. The van der Waals surface area contributed by atoms with Gasteiger partial charge >= 0.3 is 0 Å². The number of amides is 2. The predicted octanol–water partition coefficient (Wildman–Crippen LogP) is 4.41. The van der Waals surface area contributed by atoms with E-state index >= 15 is 0 Å². The molecule has 0 bridgehead atoms. The maximum atomic E-state index is 12.5. The van der Waals surface area contributed by atoms with Gasteiger partial charge in [-0.3, -0.25) is 14.9 Å². The average Bonchev–Trinajstić information content (AvgIpc) is 3.12. The van der Waals surface area contributed by atoms with Crippen LogP contribution in [0.1, 0.15) is 42.6 Å². The van der Waals surface area contributed by atoms with Crippen molar-refractivity contribution in [1.82, 2.24) is 10.3 Å². The van der Waals surface area contributed by atoms with Crippen LogP contribution in [0.15, 0.2) is 42.5 Å². The number of carbonyl (C=O) groups is 2. The van der Waals surface area contributed by atoms with Crippen molar-refractivity contribution in [3.05, 3.63) is 53.6 Å². The summed E-state index contributed by atoms with van der Waals surface area (Å²) in [4.78, 5) is 28.4. The van der Waals surface area contributed by atoms with Crippen LogP contribution < -0.4 is 15.4 Å². The zero-order valence-electron chi connectivity index (χ0n) is 16.7. The summed E-state index contributed by atoms with van der Waals surface area (Å²) in [5, 5.41) is 6.10. The van der Waals surface area contributed by atoms with E-state index in [4.69, 9.17) is 4.74 Å². The van der Waals surface area contributed by atoms with E-state index in [1.807, 2.05) is 13.0 Å². The van der Waals surface area contributed by atoms with Crippen molar-refractivity contribution in [1.29, 1.82) is 0 Å². The van der Waals surface area contributed by atoms with Crippen LogP contribution >= 0.6 is 11.3 Å². The molecule has 0 fully saturated rings. The van der Waals surface area contributed by atoms with Crippen LogP contribution in [0.3, 0.4) is 0 Å². The van der Waals surface area contributed by atoms with Crippen molar-refractivity contribution in [3.8, 4) is 5.75 Å². The number of carbonyl (C=O) groups excluding carboxylic acids is 2. The Balaban J connectivity index is 1.61. The molecule has 6 nitrogen and oxygen atoms in total. The third-order valence-corrected chi connectivity index (χ3v) is 5.29. The van der Waals surface area contributed by atoms with Crippen LogP contribution in [-0.2, 0) is 11.2 Å². The number of hydrogen-bond acceptors (Lipinski definition) is 5. The Morgan fingerprint density at radius 1 is 1.10 bits per heavy atom. The van der Waals surface area contributed by atoms with Gasteiger partial charge in [-0.05, 0) is 61.7 Å². The topological polar surface area (TPSA) is 80.3 Å². The number of hydrogen-bond donors (Lipinski definition) is 2. The normalized spacial score (nSPS) is 10.7. The van der Waals surface area contributed by atoms with Crippen molar-refractivity contribution in [2.75, 3.05) is 18.5 Å². The number of nitrogens with one attached hydrogen (secondary N) is 2. The lowest BCUT2D eigenvalue weighted by Gasteiger charge is -2.07. The Morgan fingerprint density at radius 3 is 2.62 bits per heavy atom. The molecule has 1 aromatic heterocycles. The van der Waals surface area contributed by atoms with E-state index in [0.29, 0.717) is 23.0 Å². The fraction of sp³-hybridized carbons (Fsp3) is 0.318. The van der Waals surface area contributed by atoms with Crippen molar-refractivity contribution < 1.29 is 14.3 Å². The molecule has 2 N–H and O–H groups in total. The van der Waals surface area contributed by atoms with E-state index in [1.165, 1.54) is 16.9 Å². The number of likely N-dealkylation sites (N-methyl/N-ethyl adjacent to an activating group) is 1. The molecule has 0 saturated carbocycles. The number of aromatic nitrogens is 1. The summed E-state index contributed by atoms with van der Waals surface area (Å²) in [6.07, 6.45) is 3.38. The fourth-order valence-corrected chi connectivity index (χ4v) is 3.75. The van der Waals surface area contributed by atoms with Crippen LogP contribution in [0.5, 0.6) is 5.75 Å². The van der Waals surface area contributed by atoms with Gasteiger partial charge < -0.3 is 10.1 Å². The molecule has 0 radical (unpaired) electrons. The second kappa shape index (κ2) is 10.0. The van der Waals surface area contributed by atoms with Crippen LogP contribution in [0.2, 0.25) is 0 Å². The largest absolute Gasteiger partial charge is 0.484 e. The van der Waals surface area contributed by atoms with E-state index in [-0.39, 0.29) is 18.4 Å². The first-order valence-corrected chi connectivity index (χ1v) is 10.6. The maximum Gasteiger partial charge on any atom is 0.257 e. The van der Waals surface area contributed by atoms with Gasteiger partial charge in [0.2, 0.25) is 0 Å². The number of unbranched alkanes of at least 4 members (excludes halogenated alkanes) is 1. The van der Waals surface area contributed by atoms with Crippen molar-refractivity contribution in [2.24, 2.45) is 0 Å². The zero-order valence-corrected chi connectivity index (χ0v) is 17.5. The number of nitrogens with zero attached hydrogens (tertiary/aromatic N) is 1. The van der Waals surface area contributed by atoms with Gasteiger partial charge in [-0.15, -0.1) is 0 Å². The molecule has 0 atom stereocenters. The molecule has 0 aliphatic carbocycles. The molecular weight excluding hydrogens is 386 g/mol. The second-order valence-corrected chi connectivity index (χ2v) is 7.68. The molecule has 3 rings (SSSR count).